The van der Waals surface area contributed by atoms with Gasteiger partial charge >= 0.3 is 0 Å². The van der Waals surface area contributed by atoms with E-state index in [2.05, 4.69) is 4.98 Å². The highest BCUT2D eigenvalue weighted by Gasteiger charge is 2.31. The van der Waals surface area contributed by atoms with Crippen molar-refractivity contribution in [2.24, 2.45) is 0 Å². The van der Waals surface area contributed by atoms with Gasteiger partial charge in [-0.05, 0) is 60.7 Å². The summed E-state index contributed by atoms with van der Waals surface area (Å²) in [7, 11) is -3.36. The van der Waals surface area contributed by atoms with E-state index in [0.29, 0.717) is 16.0 Å². The summed E-state index contributed by atoms with van der Waals surface area (Å²) in [6, 6.07) is 22.2. The highest BCUT2D eigenvalue weighted by atomic mass is 31.2. The summed E-state index contributed by atoms with van der Waals surface area (Å²) >= 11 is 0. The van der Waals surface area contributed by atoms with Crippen LogP contribution in [-0.4, -0.2) is 4.98 Å². The highest BCUT2D eigenvalue weighted by molar-refractivity contribution is 7.85. The maximum absolute atomic E-state index is 14.2. The third-order valence-corrected chi connectivity index (χ3v) is 7.23. The Hall–Kier alpha value is -2.84. The first kappa shape index (κ1) is 16.6. The molecule has 4 rings (SSSR count). The predicted octanol–water partition coefficient (Wildman–Crippen LogP) is 4.15. The van der Waals surface area contributed by atoms with Gasteiger partial charge in [0.1, 0.15) is 17.1 Å². The standard InChI is InChI=1S/C21H14F2NOP/c22-16-6-10-18(11-7-16)26(25,19-12-8-17(23)9-13-19)21-14-5-15-3-1-2-4-20(15)24-21/h1-14H. The van der Waals surface area contributed by atoms with Gasteiger partial charge in [-0.15, -0.1) is 0 Å². The Bertz CT molecular complexity index is 1080. The molecule has 26 heavy (non-hydrogen) atoms. The number of hydrogen-bond donors (Lipinski definition) is 0. The van der Waals surface area contributed by atoms with Crippen LogP contribution in [0.5, 0.6) is 0 Å². The SMILES string of the molecule is O=P(c1ccc(F)cc1)(c1ccc(F)cc1)c1ccc2ccccc2n1. The molecule has 0 aliphatic heterocycles. The highest BCUT2D eigenvalue weighted by Crippen LogP contribution is 2.42. The number of fused-ring (bicyclic) bond motifs is 1. The van der Waals surface area contributed by atoms with Crippen molar-refractivity contribution in [1.29, 1.82) is 0 Å². The number of nitrogens with zero attached hydrogens (tertiary/aromatic N) is 1. The topological polar surface area (TPSA) is 30.0 Å². The minimum absolute atomic E-state index is 0.384. The maximum atomic E-state index is 14.2. The van der Waals surface area contributed by atoms with Gasteiger partial charge in [-0.25, -0.2) is 13.8 Å². The summed E-state index contributed by atoms with van der Waals surface area (Å²) < 4.78 is 40.9. The van der Waals surface area contributed by atoms with E-state index >= 15 is 0 Å². The molecule has 0 saturated carbocycles. The molecule has 5 heteroatoms. The maximum Gasteiger partial charge on any atom is 0.188 e. The molecular formula is C21H14F2NOP. The lowest BCUT2D eigenvalue weighted by molar-refractivity contribution is 0.591. The van der Waals surface area contributed by atoms with Crippen molar-refractivity contribution in [3.8, 4) is 0 Å². The van der Waals surface area contributed by atoms with E-state index in [1.54, 1.807) is 6.07 Å². The van der Waals surface area contributed by atoms with Crippen molar-refractivity contribution < 1.29 is 13.3 Å². The first-order valence-corrected chi connectivity index (χ1v) is 9.77. The average molecular weight is 365 g/mol. The van der Waals surface area contributed by atoms with Gasteiger partial charge in [0.25, 0.3) is 0 Å². The second-order valence-electron chi connectivity index (χ2n) is 5.92. The molecular weight excluding hydrogens is 351 g/mol. The molecule has 0 aliphatic rings. The second-order valence-corrected chi connectivity index (χ2v) is 8.63. The van der Waals surface area contributed by atoms with Gasteiger partial charge in [0.15, 0.2) is 7.14 Å². The zero-order chi connectivity index (χ0) is 18.1. The van der Waals surface area contributed by atoms with Crippen LogP contribution in [0.25, 0.3) is 10.9 Å². The van der Waals surface area contributed by atoms with Crippen LogP contribution in [0.2, 0.25) is 0 Å². The van der Waals surface area contributed by atoms with E-state index in [4.69, 9.17) is 0 Å². The molecule has 0 unspecified atom stereocenters. The Morgan fingerprint density at radius 2 is 1.19 bits per heavy atom. The molecule has 4 aromatic rings. The largest absolute Gasteiger partial charge is 0.307 e. The summed E-state index contributed by atoms with van der Waals surface area (Å²) in [6.07, 6.45) is 0. The molecule has 3 aromatic carbocycles. The van der Waals surface area contributed by atoms with Crippen LogP contribution in [0.4, 0.5) is 8.78 Å². The number of pyridine rings is 1. The van der Waals surface area contributed by atoms with Gasteiger partial charge in [-0.1, -0.05) is 24.3 Å². The van der Waals surface area contributed by atoms with Crippen molar-refractivity contribution >= 4 is 34.1 Å². The van der Waals surface area contributed by atoms with Crippen LogP contribution in [0, 0.1) is 11.6 Å². The van der Waals surface area contributed by atoms with Crippen LogP contribution >= 0.6 is 7.14 Å². The molecule has 0 radical (unpaired) electrons. The minimum atomic E-state index is -3.36. The van der Waals surface area contributed by atoms with Gasteiger partial charge in [-0.2, -0.15) is 0 Å². The third kappa shape index (κ3) is 2.83. The Balaban J connectivity index is 1.99. The lowest BCUT2D eigenvalue weighted by Gasteiger charge is -2.19. The van der Waals surface area contributed by atoms with Gasteiger partial charge in [-0.3, -0.25) is 0 Å². The number of rotatable bonds is 3. The van der Waals surface area contributed by atoms with Gasteiger partial charge in [0, 0.05) is 16.0 Å². The average Bonchev–Trinajstić information content (AvgIpc) is 2.68. The summed E-state index contributed by atoms with van der Waals surface area (Å²) in [6.45, 7) is 0. The first-order valence-electron chi connectivity index (χ1n) is 8.06. The van der Waals surface area contributed by atoms with Gasteiger partial charge in [0.2, 0.25) is 0 Å². The normalized spacial score (nSPS) is 11.6. The van der Waals surface area contributed by atoms with Gasteiger partial charge in [0.05, 0.1) is 5.52 Å². The molecule has 0 aliphatic carbocycles. The fourth-order valence-corrected chi connectivity index (χ4v) is 5.44. The van der Waals surface area contributed by atoms with Crippen molar-refractivity contribution in [3.05, 3.63) is 96.6 Å². The lowest BCUT2D eigenvalue weighted by Crippen LogP contribution is -2.27. The summed E-state index contributed by atoms with van der Waals surface area (Å²) in [5, 5.41) is 1.84. The van der Waals surface area contributed by atoms with Gasteiger partial charge < -0.3 is 4.57 Å². The van der Waals surface area contributed by atoms with Crippen LogP contribution in [-0.2, 0) is 4.57 Å². The zero-order valence-corrected chi connectivity index (χ0v) is 14.5. The van der Waals surface area contributed by atoms with Crippen molar-refractivity contribution in [3.63, 3.8) is 0 Å². The van der Waals surface area contributed by atoms with E-state index in [9.17, 15) is 13.3 Å². The Morgan fingerprint density at radius 3 is 1.77 bits per heavy atom. The van der Waals surface area contributed by atoms with Crippen molar-refractivity contribution in [2.75, 3.05) is 0 Å². The lowest BCUT2D eigenvalue weighted by atomic mass is 10.2. The molecule has 2 nitrogen and oxygen atoms in total. The smallest absolute Gasteiger partial charge is 0.188 e. The molecule has 0 spiro atoms. The molecule has 0 amide bonds. The molecule has 0 atom stereocenters. The quantitative estimate of drug-likeness (QED) is 0.511. The van der Waals surface area contributed by atoms with Crippen LogP contribution in [0.1, 0.15) is 0 Å². The first-order chi connectivity index (χ1) is 12.6. The Labute approximate surface area is 149 Å². The molecule has 0 fully saturated rings. The summed E-state index contributed by atoms with van der Waals surface area (Å²) in [5.41, 5.74) is 1.10. The molecule has 0 saturated heterocycles. The fraction of sp³-hybridized carbons (Fsp3) is 0. The summed E-state index contributed by atoms with van der Waals surface area (Å²) in [5.74, 6) is -0.822. The zero-order valence-electron chi connectivity index (χ0n) is 13.6. The fourth-order valence-electron chi connectivity index (χ4n) is 2.95. The molecule has 0 N–H and O–H groups in total. The van der Waals surface area contributed by atoms with E-state index in [1.165, 1.54) is 48.5 Å². The molecule has 1 aromatic heterocycles. The van der Waals surface area contributed by atoms with E-state index in [-0.39, 0.29) is 0 Å². The Morgan fingerprint density at radius 1 is 0.654 bits per heavy atom. The van der Waals surface area contributed by atoms with E-state index in [0.717, 1.165) is 10.9 Å². The number of halogens is 2. The third-order valence-electron chi connectivity index (χ3n) is 4.29. The van der Waals surface area contributed by atoms with Crippen LogP contribution in [0.15, 0.2) is 84.9 Å². The Kier molecular flexibility index (Phi) is 4.14. The van der Waals surface area contributed by atoms with E-state index in [1.807, 2.05) is 30.3 Å². The molecule has 0 bridgehead atoms. The predicted molar refractivity (Wildman–Crippen MR) is 101 cm³/mol. The van der Waals surface area contributed by atoms with E-state index < -0.39 is 18.8 Å². The minimum Gasteiger partial charge on any atom is -0.307 e. The monoisotopic (exact) mass is 365 g/mol. The number of para-hydroxylation sites is 1. The van der Waals surface area contributed by atoms with Crippen molar-refractivity contribution in [1.82, 2.24) is 4.98 Å². The molecule has 1 heterocycles. The number of hydrogen-bond acceptors (Lipinski definition) is 2. The number of benzene rings is 3. The molecule has 128 valence electrons. The summed E-state index contributed by atoms with van der Waals surface area (Å²) in [4.78, 5) is 4.59. The second kappa shape index (κ2) is 6.47. The number of aromatic nitrogens is 1. The van der Waals surface area contributed by atoms with Crippen LogP contribution < -0.4 is 16.0 Å². The van der Waals surface area contributed by atoms with Crippen molar-refractivity contribution in [2.45, 2.75) is 0 Å². The van der Waals surface area contributed by atoms with Crippen LogP contribution in [0.3, 0.4) is 0 Å².